The third-order valence-electron chi connectivity index (χ3n) is 4.17. The number of halogens is 1. The number of ether oxygens (including phenoxy) is 1. The summed E-state index contributed by atoms with van der Waals surface area (Å²) in [5.41, 5.74) is 1.08. The molecule has 0 aromatic carbocycles. The highest BCUT2D eigenvalue weighted by atomic mass is 35.5. The molecule has 1 aromatic heterocycles. The van der Waals surface area contributed by atoms with Gasteiger partial charge in [0.05, 0.1) is 5.02 Å². The van der Waals surface area contributed by atoms with Crippen LogP contribution in [0.25, 0.3) is 0 Å². The molecule has 0 atom stereocenters. The lowest BCUT2D eigenvalue weighted by Gasteiger charge is -2.26. The van der Waals surface area contributed by atoms with Gasteiger partial charge in [-0.3, -0.25) is 4.90 Å². The number of hydrogen-bond acceptors (Lipinski definition) is 4. The fraction of sp³-hybridized carbons (Fsp3) is 0.688. The summed E-state index contributed by atoms with van der Waals surface area (Å²) >= 11 is 6.19. The van der Waals surface area contributed by atoms with Gasteiger partial charge >= 0.3 is 0 Å². The zero-order valence-electron chi connectivity index (χ0n) is 12.5. The van der Waals surface area contributed by atoms with Crippen LogP contribution in [-0.4, -0.2) is 42.2 Å². The Bertz CT molecular complexity index is 459. The van der Waals surface area contributed by atoms with Gasteiger partial charge in [-0.25, -0.2) is 4.98 Å². The van der Waals surface area contributed by atoms with Crippen LogP contribution in [0.1, 0.15) is 37.7 Å². The number of hydrogen-bond donors (Lipinski definition) is 1. The van der Waals surface area contributed by atoms with Crippen molar-refractivity contribution in [2.75, 3.05) is 26.2 Å². The molecule has 0 spiro atoms. The van der Waals surface area contributed by atoms with Crippen LogP contribution in [-0.2, 0) is 6.54 Å². The van der Waals surface area contributed by atoms with E-state index in [2.05, 4.69) is 15.2 Å². The number of nitrogens with one attached hydrogen (secondary N) is 1. The normalized spacial score (nSPS) is 19.7. The molecule has 2 aliphatic rings. The van der Waals surface area contributed by atoms with Crippen molar-refractivity contribution < 1.29 is 4.74 Å². The SMILES string of the molecule is Clc1cnc(OCCN2CCCCC2)cc1CNC1CC1. The van der Waals surface area contributed by atoms with Crippen molar-refractivity contribution in [3.8, 4) is 5.88 Å². The van der Waals surface area contributed by atoms with E-state index in [-0.39, 0.29) is 0 Å². The van der Waals surface area contributed by atoms with Crippen LogP contribution in [0.15, 0.2) is 12.3 Å². The maximum Gasteiger partial charge on any atom is 0.213 e. The topological polar surface area (TPSA) is 37.4 Å². The van der Waals surface area contributed by atoms with Gasteiger partial charge in [0.15, 0.2) is 0 Å². The Morgan fingerprint density at radius 3 is 2.86 bits per heavy atom. The maximum atomic E-state index is 6.19. The quantitative estimate of drug-likeness (QED) is 0.840. The van der Waals surface area contributed by atoms with Crippen LogP contribution in [0.2, 0.25) is 5.02 Å². The van der Waals surface area contributed by atoms with E-state index in [1.807, 2.05) is 6.07 Å². The van der Waals surface area contributed by atoms with E-state index in [9.17, 15) is 0 Å². The summed E-state index contributed by atoms with van der Waals surface area (Å²) in [4.78, 5) is 6.73. The van der Waals surface area contributed by atoms with Gasteiger partial charge in [-0.2, -0.15) is 0 Å². The second-order valence-corrected chi connectivity index (χ2v) is 6.43. The average molecular weight is 310 g/mol. The molecule has 1 saturated carbocycles. The van der Waals surface area contributed by atoms with E-state index in [0.29, 0.717) is 23.6 Å². The van der Waals surface area contributed by atoms with Gasteiger partial charge < -0.3 is 10.1 Å². The molecular formula is C16H24ClN3O. The fourth-order valence-corrected chi connectivity index (χ4v) is 2.85. The molecule has 1 aliphatic carbocycles. The molecule has 5 heteroatoms. The van der Waals surface area contributed by atoms with Gasteiger partial charge in [0.2, 0.25) is 5.88 Å². The lowest BCUT2D eigenvalue weighted by atomic mass is 10.1. The second-order valence-electron chi connectivity index (χ2n) is 6.02. The molecule has 2 fully saturated rings. The van der Waals surface area contributed by atoms with E-state index in [0.717, 1.165) is 18.7 Å². The first-order valence-electron chi connectivity index (χ1n) is 8.04. The number of likely N-dealkylation sites (tertiary alicyclic amines) is 1. The summed E-state index contributed by atoms with van der Waals surface area (Å²) in [6.45, 7) is 4.89. The highest BCUT2D eigenvalue weighted by Crippen LogP contribution is 2.23. The van der Waals surface area contributed by atoms with Gasteiger partial charge in [-0.1, -0.05) is 18.0 Å². The molecule has 0 amide bonds. The lowest BCUT2D eigenvalue weighted by molar-refractivity contribution is 0.180. The first-order chi connectivity index (χ1) is 10.3. The van der Waals surface area contributed by atoms with E-state index >= 15 is 0 Å². The Labute approximate surface area is 131 Å². The summed E-state index contributed by atoms with van der Waals surface area (Å²) in [5, 5.41) is 4.19. The van der Waals surface area contributed by atoms with E-state index in [1.165, 1.54) is 45.2 Å². The Morgan fingerprint density at radius 1 is 1.29 bits per heavy atom. The van der Waals surface area contributed by atoms with Gasteiger partial charge in [-0.15, -0.1) is 0 Å². The molecule has 1 saturated heterocycles. The Morgan fingerprint density at radius 2 is 2.10 bits per heavy atom. The summed E-state index contributed by atoms with van der Waals surface area (Å²) in [5.74, 6) is 0.684. The summed E-state index contributed by atoms with van der Waals surface area (Å²) < 4.78 is 5.79. The molecule has 0 radical (unpaired) electrons. The fourth-order valence-electron chi connectivity index (χ4n) is 2.68. The van der Waals surface area contributed by atoms with E-state index in [1.54, 1.807) is 6.20 Å². The van der Waals surface area contributed by atoms with Crippen molar-refractivity contribution >= 4 is 11.6 Å². The van der Waals surface area contributed by atoms with Crippen LogP contribution < -0.4 is 10.1 Å². The van der Waals surface area contributed by atoms with Crippen molar-refractivity contribution in [2.24, 2.45) is 0 Å². The molecule has 0 unspecified atom stereocenters. The van der Waals surface area contributed by atoms with Crippen molar-refractivity contribution in [2.45, 2.75) is 44.7 Å². The molecule has 1 aromatic rings. The van der Waals surface area contributed by atoms with Crippen LogP contribution in [0, 0.1) is 0 Å². The summed E-state index contributed by atoms with van der Waals surface area (Å²) in [7, 11) is 0. The molecule has 1 aliphatic heterocycles. The summed E-state index contributed by atoms with van der Waals surface area (Å²) in [6.07, 6.45) is 8.26. The summed E-state index contributed by atoms with van der Waals surface area (Å²) in [6, 6.07) is 2.64. The van der Waals surface area contributed by atoms with Gasteiger partial charge in [0, 0.05) is 31.4 Å². The number of pyridine rings is 1. The van der Waals surface area contributed by atoms with Crippen molar-refractivity contribution in [1.82, 2.24) is 15.2 Å². The van der Waals surface area contributed by atoms with Crippen molar-refractivity contribution in [3.63, 3.8) is 0 Å². The minimum atomic E-state index is 0.678. The third-order valence-corrected chi connectivity index (χ3v) is 4.51. The molecular weight excluding hydrogens is 286 g/mol. The molecule has 21 heavy (non-hydrogen) atoms. The Balaban J connectivity index is 1.46. The smallest absolute Gasteiger partial charge is 0.213 e. The van der Waals surface area contributed by atoms with Crippen molar-refractivity contribution in [1.29, 1.82) is 0 Å². The second kappa shape index (κ2) is 7.43. The first-order valence-corrected chi connectivity index (χ1v) is 8.42. The highest BCUT2D eigenvalue weighted by Gasteiger charge is 2.20. The molecule has 1 N–H and O–H groups in total. The lowest BCUT2D eigenvalue weighted by Crippen LogP contribution is -2.33. The van der Waals surface area contributed by atoms with Gasteiger partial charge in [0.25, 0.3) is 0 Å². The van der Waals surface area contributed by atoms with E-state index in [4.69, 9.17) is 16.3 Å². The van der Waals surface area contributed by atoms with Crippen LogP contribution >= 0.6 is 11.6 Å². The van der Waals surface area contributed by atoms with E-state index < -0.39 is 0 Å². The number of aromatic nitrogens is 1. The molecule has 4 nitrogen and oxygen atoms in total. The van der Waals surface area contributed by atoms with Gasteiger partial charge in [0.1, 0.15) is 6.61 Å². The van der Waals surface area contributed by atoms with Gasteiger partial charge in [-0.05, 0) is 44.3 Å². The zero-order valence-corrected chi connectivity index (χ0v) is 13.2. The molecule has 2 heterocycles. The minimum Gasteiger partial charge on any atom is -0.476 e. The number of piperidine rings is 1. The first kappa shape index (κ1) is 15.1. The molecule has 116 valence electrons. The van der Waals surface area contributed by atoms with Crippen molar-refractivity contribution in [3.05, 3.63) is 22.8 Å². The number of rotatable bonds is 7. The minimum absolute atomic E-state index is 0.678. The Hall–Kier alpha value is -0.840. The molecule has 3 rings (SSSR count). The van der Waals surface area contributed by atoms with Crippen LogP contribution in [0.3, 0.4) is 0 Å². The maximum absolute atomic E-state index is 6.19. The largest absolute Gasteiger partial charge is 0.476 e. The highest BCUT2D eigenvalue weighted by molar-refractivity contribution is 6.31. The number of nitrogens with zero attached hydrogens (tertiary/aromatic N) is 2. The monoisotopic (exact) mass is 309 g/mol. The predicted octanol–water partition coefficient (Wildman–Crippen LogP) is 2.85. The predicted molar refractivity (Wildman–Crippen MR) is 84.9 cm³/mol. The van der Waals surface area contributed by atoms with Crippen LogP contribution in [0.5, 0.6) is 5.88 Å². The third kappa shape index (κ3) is 4.83. The Kier molecular flexibility index (Phi) is 5.33. The van der Waals surface area contributed by atoms with Crippen LogP contribution in [0.4, 0.5) is 0 Å². The average Bonchev–Trinajstić information content (AvgIpc) is 3.33. The standard InChI is InChI=1S/C16H24ClN3O/c17-15-12-19-16(10-13(15)11-18-14-4-5-14)21-9-8-20-6-2-1-3-7-20/h10,12,14,18H,1-9,11H2. The molecule has 0 bridgehead atoms. The zero-order chi connectivity index (χ0) is 14.5.